The summed E-state index contributed by atoms with van der Waals surface area (Å²) in [7, 11) is 0. The highest BCUT2D eigenvalue weighted by Crippen LogP contribution is 2.08. The zero-order chi connectivity index (χ0) is 18.9. The topological polar surface area (TPSA) is 125 Å². The first kappa shape index (κ1) is 20.2. The first-order valence-electron chi connectivity index (χ1n) is 7.53. The first-order chi connectivity index (χ1) is 11.8. The molecule has 0 saturated heterocycles. The van der Waals surface area contributed by atoms with Crippen molar-refractivity contribution < 1.29 is 19.9 Å². The minimum absolute atomic E-state index is 0.00656. The predicted molar refractivity (Wildman–Crippen MR) is 92.2 cm³/mol. The number of benzene rings is 1. The Morgan fingerprint density at radius 1 is 1.24 bits per heavy atom. The third-order valence-corrected chi connectivity index (χ3v) is 3.13. The Kier molecular flexibility index (Phi) is 7.64. The van der Waals surface area contributed by atoms with Gasteiger partial charge in [0.2, 0.25) is 0 Å². The van der Waals surface area contributed by atoms with Crippen LogP contribution in [-0.4, -0.2) is 40.3 Å². The van der Waals surface area contributed by atoms with Crippen molar-refractivity contribution in [2.75, 3.05) is 6.61 Å². The number of nitrogens with one attached hydrogen (secondary N) is 2. The lowest BCUT2D eigenvalue weighted by atomic mass is 9.95. The standard InChI is InChI=1S/C18H21N3O4/c1-18(2,19)15(17(24)21-25)20-16(23)14-10-8-13(9-11-14)7-5-3-4-6-12-22/h8-11,15,22,25H,6,12,19H2,1-2H3,(H,20,23)(H,21,24)/t15-/m1/s1. The van der Waals surface area contributed by atoms with Crippen LogP contribution < -0.4 is 16.5 Å². The van der Waals surface area contributed by atoms with Crippen LogP contribution in [0.4, 0.5) is 0 Å². The maximum absolute atomic E-state index is 12.3. The number of aliphatic hydroxyl groups excluding tert-OH is 1. The molecule has 0 aliphatic carbocycles. The van der Waals surface area contributed by atoms with Crippen molar-refractivity contribution in [3.8, 4) is 23.7 Å². The van der Waals surface area contributed by atoms with Gasteiger partial charge in [-0.2, -0.15) is 0 Å². The fourth-order valence-electron chi connectivity index (χ4n) is 1.84. The van der Waals surface area contributed by atoms with Crippen LogP contribution in [0.3, 0.4) is 0 Å². The molecular formula is C18H21N3O4. The van der Waals surface area contributed by atoms with Crippen LogP contribution in [0.25, 0.3) is 0 Å². The van der Waals surface area contributed by atoms with Gasteiger partial charge in [-0.15, -0.1) is 0 Å². The average Bonchev–Trinajstić information content (AvgIpc) is 2.58. The van der Waals surface area contributed by atoms with Gasteiger partial charge in [-0.3, -0.25) is 14.8 Å². The Morgan fingerprint density at radius 3 is 2.40 bits per heavy atom. The molecular weight excluding hydrogens is 322 g/mol. The van der Waals surface area contributed by atoms with Gasteiger partial charge >= 0.3 is 0 Å². The second-order valence-electron chi connectivity index (χ2n) is 5.81. The van der Waals surface area contributed by atoms with Crippen molar-refractivity contribution in [1.29, 1.82) is 0 Å². The third kappa shape index (κ3) is 6.66. The highest BCUT2D eigenvalue weighted by Gasteiger charge is 2.33. The van der Waals surface area contributed by atoms with Gasteiger partial charge in [-0.05, 0) is 50.0 Å². The van der Waals surface area contributed by atoms with Crippen LogP contribution in [0.2, 0.25) is 0 Å². The molecule has 132 valence electrons. The highest BCUT2D eigenvalue weighted by atomic mass is 16.5. The second kappa shape index (κ2) is 9.45. The number of hydrogen-bond acceptors (Lipinski definition) is 5. The van der Waals surface area contributed by atoms with E-state index < -0.39 is 23.4 Å². The molecule has 1 aromatic carbocycles. The molecule has 0 spiro atoms. The first-order valence-corrected chi connectivity index (χ1v) is 7.53. The Bertz CT molecular complexity index is 728. The van der Waals surface area contributed by atoms with E-state index >= 15 is 0 Å². The number of rotatable bonds is 5. The fraction of sp³-hybridized carbons (Fsp3) is 0.333. The lowest BCUT2D eigenvalue weighted by Crippen LogP contribution is -2.61. The number of hydroxylamine groups is 1. The van der Waals surface area contributed by atoms with Gasteiger partial charge in [0, 0.05) is 23.1 Å². The molecule has 6 N–H and O–H groups in total. The van der Waals surface area contributed by atoms with E-state index in [0.29, 0.717) is 17.5 Å². The van der Waals surface area contributed by atoms with Crippen LogP contribution in [-0.2, 0) is 4.79 Å². The summed E-state index contributed by atoms with van der Waals surface area (Å²) in [5, 5.41) is 19.9. The molecule has 0 fully saturated rings. The van der Waals surface area contributed by atoms with Crippen molar-refractivity contribution in [1.82, 2.24) is 10.8 Å². The molecule has 1 aromatic rings. The molecule has 0 radical (unpaired) electrons. The second-order valence-corrected chi connectivity index (χ2v) is 5.81. The summed E-state index contributed by atoms with van der Waals surface area (Å²) >= 11 is 0. The van der Waals surface area contributed by atoms with Crippen LogP contribution in [0, 0.1) is 23.7 Å². The molecule has 0 aromatic heterocycles. The highest BCUT2D eigenvalue weighted by molar-refractivity contribution is 5.97. The van der Waals surface area contributed by atoms with E-state index in [0.717, 1.165) is 0 Å². The Hall–Kier alpha value is -2.84. The number of carbonyl (C=O) groups is 2. The molecule has 25 heavy (non-hydrogen) atoms. The van der Waals surface area contributed by atoms with Crippen LogP contribution >= 0.6 is 0 Å². The van der Waals surface area contributed by atoms with E-state index in [1.807, 2.05) is 0 Å². The zero-order valence-electron chi connectivity index (χ0n) is 14.1. The van der Waals surface area contributed by atoms with Gasteiger partial charge in [0.05, 0.1) is 6.61 Å². The predicted octanol–water partition coefficient (Wildman–Crippen LogP) is -0.235. The Morgan fingerprint density at radius 2 is 1.88 bits per heavy atom. The van der Waals surface area contributed by atoms with E-state index in [2.05, 4.69) is 29.0 Å². The van der Waals surface area contributed by atoms with Crippen molar-refractivity contribution in [3.05, 3.63) is 35.4 Å². The molecule has 0 saturated carbocycles. The van der Waals surface area contributed by atoms with Crippen LogP contribution in [0.5, 0.6) is 0 Å². The van der Waals surface area contributed by atoms with Crippen molar-refractivity contribution in [2.24, 2.45) is 5.73 Å². The third-order valence-electron chi connectivity index (χ3n) is 3.13. The van der Waals surface area contributed by atoms with Gasteiger partial charge < -0.3 is 16.2 Å². The summed E-state index contributed by atoms with van der Waals surface area (Å²) in [6.45, 7) is 3.11. The summed E-state index contributed by atoms with van der Waals surface area (Å²) in [5.74, 6) is 9.42. The molecule has 0 heterocycles. The molecule has 0 bridgehead atoms. The molecule has 7 heteroatoms. The van der Waals surface area contributed by atoms with Gasteiger partial charge in [0.1, 0.15) is 6.04 Å². The number of aliphatic hydroxyl groups is 1. The van der Waals surface area contributed by atoms with E-state index in [9.17, 15) is 9.59 Å². The van der Waals surface area contributed by atoms with Crippen LogP contribution in [0.15, 0.2) is 24.3 Å². The van der Waals surface area contributed by atoms with E-state index in [4.69, 9.17) is 16.0 Å². The largest absolute Gasteiger partial charge is 0.395 e. The van der Waals surface area contributed by atoms with Crippen molar-refractivity contribution in [2.45, 2.75) is 31.8 Å². The lowest BCUT2D eigenvalue weighted by molar-refractivity contribution is -0.132. The lowest BCUT2D eigenvalue weighted by Gasteiger charge is -2.29. The normalized spacial score (nSPS) is 11.2. The number of carbonyl (C=O) groups excluding carboxylic acids is 2. The maximum Gasteiger partial charge on any atom is 0.267 e. The SMILES string of the molecule is CC(C)(N)[C@H](NC(=O)c1ccc(C#CC#CCCO)cc1)C(=O)NO. The van der Waals surface area contributed by atoms with E-state index in [1.54, 1.807) is 38.1 Å². The summed E-state index contributed by atoms with van der Waals surface area (Å²) < 4.78 is 0. The van der Waals surface area contributed by atoms with Crippen LogP contribution in [0.1, 0.15) is 36.2 Å². The molecule has 2 amide bonds. The average molecular weight is 343 g/mol. The molecule has 0 unspecified atom stereocenters. The van der Waals surface area contributed by atoms with Gasteiger partial charge in [0.15, 0.2) is 0 Å². The van der Waals surface area contributed by atoms with Gasteiger partial charge in [-0.1, -0.05) is 11.8 Å². The maximum atomic E-state index is 12.3. The van der Waals surface area contributed by atoms with E-state index in [-0.39, 0.29) is 6.61 Å². The minimum Gasteiger partial charge on any atom is -0.395 e. The van der Waals surface area contributed by atoms with E-state index in [1.165, 1.54) is 5.48 Å². The molecule has 0 aliphatic heterocycles. The van der Waals surface area contributed by atoms with Gasteiger partial charge in [0.25, 0.3) is 11.8 Å². The molecule has 0 aliphatic rings. The number of hydrogen-bond donors (Lipinski definition) is 5. The smallest absolute Gasteiger partial charge is 0.267 e. The zero-order valence-corrected chi connectivity index (χ0v) is 14.1. The molecule has 7 nitrogen and oxygen atoms in total. The quantitative estimate of drug-likeness (QED) is 0.287. The summed E-state index contributed by atoms with van der Waals surface area (Å²) in [5.41, 5.74) is 7.27. The minimum atomic E-state index is -1.11. The summed E-state index contributed by atoms with van der Waals surface area (Å²) in [6, 6.07) is 5.29. The number of nitrogens with two attached hydrogens (primary N) is 1. The van der Waals surface area contributed by atoms with Gasteiger partial charge in [-0.25, -0.2) is 5.48 Å². The molecule has 1 rings (SSSR count). The van der Waals surface area contributed by atoms with Crippen molar-refractivity contribution >= 4 is 11.8 Å². The fourth-order valence-corrected chi connectivity index (χ4v) is 1.84. The summed E-state index contributed by atoms with van der Waals surface area (Å²) in [6.07, 6.45) is 0.369. The monoisotopic (exact) mass is 343 g/mol. The Labute approximate surface area is 146 Å². The van der Waals surface area contributed by atoms with Crippen molar-refractivity contribution in [3.63, 3.8) is 0 Å². The Balaban J connectivity index is 2.83. The molecule has 1 atom stereocenters. The number of amides is 2. The summed E-state index contributed by atoms with van der Waals surface area (Å²) in [4.78, 5) is 23.9.